The van der Waals surface area contributed by atoms with Gasteiger partial charge >= 0.3 is 0 Å². The highest BCUT2D eigenvalue weighted by Crippen LogP contribution is 2.19. The Morgan fingerprint density at radius 2 is 2.28 bits per heavy atom. The van der Waals surface area contributed by atoms with Crippen LogP contribution in [-0.4, -0.2) is 37.1 Å². The normalized spacial score (nSPS) is 17.2. The summed E-state index contributed by atoms with van der Waals surface area (Å²) in [6.45, 7) is 1.67. The second-order valence-electron chi connectivity index (χ2n) is 6.19. The van der Waals surface area contributed by atoms with Gasteiger partial charge in [0.1, 0.15) is 5.82 Å². The first-order chi connectivity index (χ1) is 12.2. The molecule has 2 aromatic rings. The molecule has 0 bridgehead atoms. The van der Waals surface area contributed by atoms with E-state index < -0.39 is 5.82 Å². The maximum Gasteiger partial charge on any atom is 0.224 e. The summed E-state index contributed by atoms with van der Waals surface area (Å²) in [5.74, 6) is 0.561. The Kier molecular flexibility index (Phi) is 5.48. The van der Waals surface area contributed by atoms with Crippen molar-refractivity contribution in [1.82, 2.24) is 10.3 Å². The van der Waals surface area contributed by atoms with E-state index in [2.05, 4.69) is 15.2 Å². The van der Waals surface area contributed by atoms with Gasteiger partial charge in [-0.3, -0.25) is 4.79 Å². The number of pyridine rings is 1. The maximum absolute atomic E-state index is 13.7. The van der Waals surface area contributed by atoms with E-state index in [9.17, 15) is 9.18 Å². The van der Waals surface area contributed by atoms with Crippen molar-refractivity contribution in [3.63, 3.8) is 0 Å². The molecule has 0 aliphatic carbocycles. The maximum atomic E-state index is 13.7. The number of hydrogen-bond donors (Lipinski definition) is 1. The van der Waals surface area contributed by atoms with E-state index in [-0.39, 0.29) is 24.1 Å². The molecule has 0 saturated carbocycles. The van der Waals surface area contributed by atoms with E-state index >= 15 is 0 Å². The van der Waals surface area contributed by atoms with Crippen LogP contribution in [0.3, 0.4) is 0 Å². The molecule has 5 nitrogen and oxygen atoms in total. The summed E-state index contributed by atoms with van der Waals surface area (Å²) in [5.41, 5.74) is 0.633. The van der Waals surface area contributed by atoms with Crippen LogP contribution in [0.4, 0.5) is 10.2 Å². The number of rotatable bonds is 5. The molecule has 1 aromatic heterocycles. The Bertz CT molecular complexity index is 724. The molecule has 1 aliphatic heterocycles. The second kappa shape index (κ2) is 7.96. The minimum Gasteiger partial charge on any atom is -0.494 e. The molecule has 0 unspecified atom stereocenters. The molecule has 0 spiro atoms. The number of nitrogens with zero attached hydrogens (tertiary/aromatic N) is 2. The lowest BCUT2D eigenvalue weighted by Gasteiger charge is -2.34. The van der Waals surface area contributed by atoms with Gasteiger partial charge in [0.2, 0.25) is 5.91 Å². The monoisotopic (exact) mass is 343 g/mol. The smallest absolute Gasteiger partial charge is 0.224 e. The number of methoxy groups -OCH3 is 1. The minimum atomic E-state index is -0.452. The lowest BCUT2D eigenvalue weighted by Crippen LogP contribution is -2.48. The van der Waals surface area contributed by atoms with E-state index in [1.54, 1.807) is 18.3 Å². The first-order valence-corrected chi connectivity index (χ1v) is 8.43. The zero-order valence-electron chi connectivity index (χ0n) is 14.2. The van der Waals surface area contributed by atoms with Gasteiger partial charge in [-0.05, 0) is 42.7 Å². The zero-order valence-corrected chi connectivity index (χ0v) is 14.2. The lowest BCUT2D eigenvalue weighted by atomic mass is 10.0. The van der Waals surface area contributed by atoms with Crippen molar-refractivity contribution in [2.45, 2.75) is 25.3 Å². The van der Waals surface area contributed by atoms with Crippen LogP contribution >= 0.6 is 0 Å². The van der Waals surface area contributed by atoms with Crippen LogP contribution in [0.1, 0.15) is 18.4 Å². The van der Waals surface area contributed by atoms with Gasteiger partial charge in [-0.25, -0.2) is 9.37 Å². The number of aromatic nitrogens is 1. The van der Waals surface area contributed by atoms with E-state index in [1.165, 1.54) is 13.2 Å². The number of ether oxygens (including phenoxy) is 1. The fraction of sp³-hybridized carbons (Fsp3) is 0.368. The van der Waals surface area contributed by atoms with Gasteiger partial charge in [0, 0.05) is 25.3 Å². The second-order valence-corrected chi connectivity index (χ2v) is 6.19. The van der Waals surface area contributed by atoms with Gasteiger partial charge in [-0.2, -0.15) is 0 Å². The molecule has 1 N–H and O–H groups in total. The standard InChI is InChI=1S/C19H22FN3O2/c1-25-17-8-7-14(11-16(17)20)12-19(24)22-15-5-4-10-23(13-15)18-6-2-3-9-21-18/h2-3,6-9,11,15H,4-5,10,12-13H2,1H3,(H,22,24)/t15-/m1/s1. The molecule has 1 amide bonds. The molecule has 1 saturated heterocycles. The number of anilines is 1. The number of benzene rings is 1. The molecule has 6 heteroatoms. The average molecular weight is 343 g/mol. The SMILES string of the molecule is COc1ccc(CC(=O)N[C@@H]2CCCN(c3ccccn3)C2)cc1F. The third kappa shape index (κ3) is 4.47. The Morgan fingerprint density at radius 1 is 1.40 bits per heavy atom. The molecule has 25 heavy (non-hydrogen) atoms. The molecule has 2 heterocycles. The summed E-state index contributed by atoms with van der Waals surface area (Å²) in [4.78, 5) is 18.8. The highest BCUT2D eigenvalue weighted by molar-refractivity contribution is 5.79. The molecule has 1 aliphatic rings. The van der Waals surface area contributed by atoms with Crippen molar-refractivity contribution in [3.8, 4) is 5.75 Å². The van der Waals surface area contributed by atoms with Crippen molar-refractivity contribution >= 4 is 11.7 Å². The molecule has 1 aromatic carbocycles. The van der Waals surface area contributed by atoms with E-state index in [1.807, 2.05) is 18.2 Å². The highest BCUT2D eigenvalue weighted by atomic mass is 19.1. The van der Waals surface area contributed by atoms with Crippen LogP contribution < -0.4 is 15.0 Å². The zero-order chi connectivity index (χ0) is 17.6. The summed E-state index contributed by atoms with van der Waals surface area (Å²) in [6.07, 6.45) is 3.86. The van der Waals surface area contributed by atoms with Crippen molar-refractivity contribution in [1.29, 1.82) is 0 Å². The molecule has 132 valence electrons. The lowest BCUT2D eigenvalue weighted by molar-refractivity contribution is -0.121. The van der Waals surface area contributed by atoms with Crippen molar-refractivity contribution in [2.75, 3.05) is 25.1 Å². The van der Waals surface area contributed by atoms with E-state index in [4.69, 9.17) is 4.74 Å². The molecule has 1 fully saturated rings. The number of hydrogen-bond acceptors (Lipinski definition) is 4. The fourth-order valence-corrected chi connectivity index (χ4v) is 3.13. The topological polar surface area (TPSA) is 54.5 Å². The molecular formula is C19H22FN3O2. The van der Waals surface area contributed by atoms with Gasteiger partial charge in [-0.15, -0.1) is 0 Å². The van der Waals surface area contributed by atoms with Crippen LogP contribution in [0.2, 0.25) is 0 Å². The van der Waals surface area contributed by atoms with Gasteiger partial charge in [0.05, 0.1) is 13.5 Å². The predicted octanol–water partition coefficient (Wildman–Crippen LogP) is 2.56. The van der Waals surface area contributed by atoms with E-state index in [0.29, 0.717) is 5.56 Å². The van der Waals surface area contributed by atoms with Crippen LogP contribution in [-0.2, 0) is 11.2 Å². The number of nitrogens with one attached hydrogen (secondary N) is 1. The van der Waals surface area contributed by atoms with Crippen molar-refractivity contribution in [2.24, 2.45) is 0 Å². The Hall–Kier alpha value is -2.63. The fourth-order valence-electron chi connectivity index (χ4n) is 3.13. The number of carbonyl (C=O) groups is 1. The summed E-state index contributed by atoms with van der Waals surface area (Å²) in [7, 11) is 1.42. The van der Waals surface area contributed by atoms with Crippen LogP contribution in [0.15, 0.2) is 42.6 Å². The molecule has 3 rings (SSSR count). The molecule has 0 radical (unpaired) electrons. The Balaban J connectivity index is 1.56. The Labute approximate surface area is 146 Å². The quantitative estimate of drug-likeness (QED) is 0.907. The third-order valence-electron chi connectivity index (χ3n) is 4.34. The van der Waals surface area contributed by atoms with Crippen LogP contribution in [0.25, 0.3) is 0 Å². The average Bonchev–Trinajstić information content (AvgIpc) is 2.63. The first-order valence-electron chi connectivity index (χ1n) is 8.43. The number of halogens is 1. The first kappa shape index (κ1) is 17.2. The van der Waals surface area contributed by atoms with Gasteiger partial charge in [-0.1, -0.05) is 12.1 Å². The highest BCUT2D eigenvalue weighted by Gasteiger charge is 2.22. The minimum absolute atomic E-state index is 0.0753. The van der Waals surface area contributed by atoms with E-state index in [0.717, 1.165) is 31.7 Å². The van der Waals surface area contributed by atoms with Gasteiger partial charge in [0.25, 0.3) is 0 Å². The summed E-state index contributed by atoms with van der Waals surface area (Å²) in [5, 5.41) is 3.05. The summed E-state index contributed by atoms with van der Waals surface area (Å²) >= 11 is 0. The van der Waals surface area contributed by atoms with Gasteiger partial charge in [0.15, 0.2) is 11.6 Å². The van der Waals surface area contributed by atoms with Crippen LogP contribution in [0.5, 0.6) is 5.75 Å². The number of carbonyl (C=O) groups excluding carboxylic acids is 1. The summed E-state index contributed by atoms with van der Waals surface area (Å²) < 4.78 is 18.6. The van der Waals surface area contributed by atoms with Gasteiger partial charge < -0.3 is 15.0 Å². The van der Waals surface area contributed by atoms with Crippen molar-refractivity contribution < 1.29 is 13.9 Å². The summed E-state index contributed by atoms with van der Waals surface area (Å²) in [6, 6.07) is 10.5. The largest absolute Gasteiger partial charge is 0.494 e. The molecular weight excluding hydrogens is 321 g/mol. The number of piperidine rings is 1. The number of amides is 1. The van der Waals surface area contributed by atoms with Crippen LogP contribution in [0, 0.1) is 5.82 Å². The molecule has 1 atom stereocenters. The predicted molar refractivity (Wildman–Crippen MR) is 94.3 cm³/mol. The third-order valence-corrected chi connectivity index (χ3v) is 4.34. The van der Waals surface area contributed by atoms with Crippen molar-refractivity contribution in [3.05, 3.63) is 54.0 Å². The Morgan fingerprint density at radius 3 is 3.00 bits per heavy atom.